The van der Waals surface area contributed by atoms with Gasteiger partial charge >= 0.3 is 5.97 Å². The van der Waals surface area contributed by atoms with Gasteiger partial charge in [0.1, 0.15) is 183 Å². The van der Waals surface area contributed by atoms with E-state index in [1.54, 1.807) is 6.08 Å². The monoisotopic (exact) mass is 2030 g/mol. The fourth-order valence-electron chi connectivity index (χ4n) is 18.8. The second-order valence-corrected chi connectivity index (χ2v) is 37.7. The second kappa shape index (κ2) is 60.3. The van der Waals surface area contributed by atoms with Crippen molar-refractivity contribution in [1.82, 2.24) is 21.3 Å². The largest absolute Gasteiger partial charge is 0.477 e. The highest BCUT2D eigenvalue weighted by molar-refractivity contribution is 5.77. The van der Waals surface area contributed by atoms with Crippen LogP contribution < -0.4 is 21.3 Å². The van der Waals surface area contributed by atoms with Gasteiger partial charge in [-0.1, -0.05) is 167 Å². The number of ether oxygens (including phenoxy) is 16. The minimum Gasteiger partial charge on any atom is -0.477 e. The molecule has 16 unspecified atom stereocenters. The number of hydrogen-bond donors (Lipinski definition) is 28. The zero-order valence-electron chi connectivity index (χ0n) is 80.5. The standard InChI is InChI=1S/C91H160N4O45/c1-7-9-11-13-15-17-19-21-23-25-27-29-31-33-49(106)48(95-58(109)34-32-30-28-26-24-22-20-18-16-14-12-10-8-2)43-125-85-71(119)69(117)76(56(41-101)132-85)134-88-72(120)80(64(112)52(37-97)128-88)137-83-60(93-46(5)104)67(115)75(55(40-100)130-83)133-87-73(121)81(65(113)53(38-98)127-87)138-84-61(94-47(6)105)79(77(57(42-102)131-84)135-86-70(118)68(116)62(110)44(3)126-86)136-89-74(122)82(66(114)54(39-99)129-89)140-91(90(123)124)35-50(107)59(92-45(4)103)78(139-91)63(111)51(108)36-96/h31,33,44,48-57,59-89,96-102,106-108,110-122H,7-30,32,34-43H2,1-6H3,(H,92,103)(H,93,104)(H,94,105)(H,95,109)(H,123,124)/b33-31+/t44?,48-,49+,50?,51+,52?,53?,54?,55?,56?,57?,59+,60?,61?,62+,63+,64-,65-,66-,67+,68?,69+,70-,71?,72?,73?,74?,75+,76+,77+,78?,79+,80-,81-,82-,83-,84-,85+,86+,87-,88-,89-,91-/m0/s1. The third-order valence-electron chi connectivity index (χ3n) is 26.8. The zero-order valence-corrected chi connectivity index (χ0v) is 80.5. The van der Waals surface area contributed by atoms with Gasteiger partial charge in [-0.15, -0.1) is 0 Å². The SMILES string of the molecule is CCCCCCCCCCCCC/C=C/[C@@H](O)[C@H](CO[C@@H]1OC(CO)[C@@H](O[C@@H]2OC(CO)[C@H](O)[C@H](O[C@@H]3OC(CO)[C@@H](O[C@@H]4OC(CO)[C@H](O)[C@H](O[C@@H]5OC(CO)[C@@H](O[C@H]6OC(C)[C@@H](O)C(O)[C@@H]6O)[C@H](O[C@@H]6OC(CO)[C@H](O)[C@H](O[C@]7(C(=O)O)CC(O)[C@@H](NC(C)=O)C([C@H](O)[C@H](O)CO)O7)C6O)C5NC(C)=O)C4O)[C@H](O)C3NC(C)=O)C2O)[C@H](O)C1O)NC(=O)CCCCCCCCCCCCCCC. The molecule has 8 aliphatic rings. The molecule has 0 aromatic carbocycles. The predicted octanol–water partition coefficient (Wildman–Crippen LogP) is -7.18. The number of carbonyl (C=O) groups is 5. The summed E-state index contributed by atoms with van der Waals surface area (Å²) in [6, 6.07) is -6.99. The molecule has 43 atom stereocenters. The van der Waals surface area contributed by atoms with E-state index in [1.165, 1.54) is 96.8 Å². The van der Waals surface area contributed by atoms with Gasteiger partial charge in [-0.3, -0.25) is 19.2 Å². The second-order valence-electron chi connectivity index (χ2n) is 37.7. The summed E-state index contributed by atoms with van der Waals surface area (Å²) >= 11 is 0. The van der Waals surface area contributed by atoms with Crippen LogP contribution >= 0.6 is 0 Å². The van der Waals surface area contributed by atoms with E-state index in [9.17, 15) is 147 Å². The van der Waals surface area contributed by atoms with Gasteiger partial charge in [0.05, 0.1) is 83.3 Å². The Kier molecular flexibility index (Phi) is 52.0. The number of carbonyl (C=O) groups excluding carboxylic acids is 4. The molecule has 814 valence electrons. The maximum atomic E-state index is 13.7. The topological polar surface area (TPSA) is 767 Å². The molecule has 140 heavy (non-hydrogen) atoms. The number of amides is 4. The molecule has 0 aromatic heterocycles. The van der Waals surface area contributed by atoms with Crippen molar-refractivity contribution in [3.05, 3.63) is 12.2 Å². The summed E-state index contributed by atoms with van der Waals surface area (Å²) in [5.74, 6) is -8.80. The molecule has 0 saturated carbocycles. The molecule has 49 heteroatoms. The first-order valence-electron chi connectivity index (χ1n) is 49.5. The number of aliphatic hydroxyl groups excluding tert-OH is 23. The zero-order chi connectivity index (χ0) is 103. The summed E-state index contributed by atoms with van der Waals surface area (Å²) in [7, 11) is 0. The average Bonchev–Trinajstić information content (AvgIpc) is 0.756. The summed E-state index contributed by atoms with van der Waals surface area (Å²) in [6.45, 7) is -0.286. The number of carboxylic acids is 1. The molecule has 0 aromatic rings. The lowest BCUT2D eigenvalue weighted by atomic mass is 9.88. The van der Waals surface area contributed by atoms with Gasteiger partial charge < -0.3 is 220 Å². The molecule has 8 saturated heterocycles. The Balaban J connectivity index is 0.988. The summed E-state index contributed by atoms with van der Waals surface area (Å²) < 4.78 is 96.4. The van der Waals surface area contributed by atoms with Gasteiger partial charge in [-0.05, 0) is 26.2 Å². The Morgan fingerprint density at radius 1 is 0.386 bits per heavy atom. The maximum Gasteiger partial charge on any atom is 0.364 e. The Labute approximate surface area is 813 Å². The number of unbranched alkanes of at least 4 members (excludes halogenated alkanes) is 23. The summed E-state index contributed by atoms with van der Waals surface area (Å²) in [5, 5.41) is 283. The lowest BCUT2D eigenvalue weighted by molar-refractivity contribution is -0.399. The van der Waals surface area contributed by atoms with Crippen molar-refractivity contribution < 1.29 is 222 Å². The molecule has 0 radical (unpaired) electrons. The Morgan fingerprint density at radius 2 is 0.757 bits per heavy atom. The Bertz CT molecular complexity index is 3590. The van der Waals surface area contributed by atoms with Crippen molar-refractivity contribution in [1.29, 1.82) is 0 Å². The van der Waals surface area contributed by atoms with Crippen molar-refractivity contribution in [3.8, 4) is 0 Å². The number of carboxylic acid groups (broad SMARTS) is 1. The van der Waals surface area contributed by atoms with Crippen LogP contribution in [0.1, 0.15) is 215 Å². The molecular weight excluding hydrogens is 1870 g/mol. The first-order valence-corrected chi connectivity index (χ1v) is 49.5. The van der Waals surface area contributed by atoms with E-state index in [2.05, 4.69) is 35.1 Å². The molecular formula is C91H160N4O45. The summed E-state index contributed by atoms with van der Waals surface area (Å²) in [5.41, 5.74) is 0. The highest BCUT2D eigenvalue weighted by Crippen LogP contribution is 2.43. The molecule has 8 rings (SSSR count). The van der Waals surface area contributed by atoms with Crippen LogP contribution in [0.25, 0.3) is 0 Å². The van der Waals surface area contributed by atoms with Crippen LogP contribution in [-0.4, -0.2) is 468 Å². The minimum absolute atomic E-state index is 0.139. The molecule has 4 amide bonds. The van der Waals surface area contributed by atoms with E-state index in [0.717, 1.165) is 78.6 Å². The van der Waals surface area contributed by atoms with Crippen molar-refractivity contribution in [3.63, 3.8) is 0 Å². The number of aliphatic carboxylic acids is 1. The number of aliphatic hydroxyl groups is 23. The van der Waals surface area contributed by atoms with Gasteiger partial charge in [0, 0.05) is 33.6 Å². The predicted molar refractivity (Wildman–Crippen MR) is 477 cm³/mol. The van der Waals surface area contributed by atoms with E-state index in [0.29, 0.717) is 12.8 Å². The van der Waals surface area contributed by atoms with Gasteiger partial charge in [0.25, 0.3) is 5.79 Å². The van der Waals surface area contributed by atoms with Crippen LogP contribution in [-0.2, 0) is 99.8 Å². The van der Waals surface area contributed by atoms with Gasteiger partial charge in [0.2, 0.25) is 23.6 Å². The van der Waals surface area contributed by atoms with E-state index >= 15 is 0 Å². The average molecular weight is 2030 g/mol. The number of nitrogens with one attached hydrogen (secondary N) is 4. The van der Waals surface area contributed by atoms with E-state index < -0.39 is 346 Å². The van der Waals surface area contributed by atoms with Crippen LogP contribution in [0.15, 0.2) is 12.2 Å². The fraction of sp³-hybridized carbons (Fsp3) is 0.923. The third-order valence-corrected chi connectivity index (χ3v) is 26.8. The lowest BCUT2D eigenvalue weighted by Gasteiger charge is -2.52. The number of allylic oxidation sites excluding steroid dienone is 1. The number of rotatable bonds is 59. The molecule has 0 aliphatic carbocycles. The fourth-order valence-corrected chi connectivity index (χ4v) is 18.8. The highest BCUT2D eigenvalue weighted by Gasteiger charge is 2.64. The van der Waals surface area contributed by atoms with E-state index in [-0.39, 0.29) is 12.3 Å². The molecule has 8 aliphatic heterocycles. The summed E-state index contributed by atoms with van der Waals surface area (Å²) in [6.07, 6.45) is -50.3. The Morgan fingerprint density at radius 3 is 1.21 bits per heavy atom. The Hall–Kier alpha value is -4.47. The molecule has 8 heterocycles. The van der Waals surface area contributed by atoms with Crippen molar-refractivity contribution in [2.45, 2.75) is 478 Å². The molecule has 8 fully saturated rings. The maximum absolute atomic E-state index is 13.7. The van der Waals surface area contributed by atoms with Crippen molar-refractivity contribution >= 4 is 29.6 Å². The normalized spacial score (nSPS) is 39.2. The first kappa shape index (κ1) is 121. The molecule has 0 spiro atoms. The number of hydrogen-bond acceptors (Lipinski definition) is 44. The van der Waals surface area contributed by atoms with Gasteiger partial charge in [-0.25, -0.2) is 4.79 Å². The minimum atomic E-state index is -3.36. The van der Waals surface area contributed by atoms with Crippen LogP contribution in [0.4, 0.5) is 0 Å². The van der Waals surface area contributed by atoms with Crippen molar-refractivity contribution in [2.75, 3.05) is 52.9 Å². The van der Waals surface area contributed by atoms with Crippen LogP contribution in [0, 0.1) is 0 Å². The first-order chi connectivity index (χ1) is 66.8. The van der Waals surface area contributed by atoms with Gasteiger partial charge in [-0.2, -0.15) is 0 Å². The van der Waals surface area contributed by atoms with E-state index in [1.807, 2.05) is 6.08 Å². The molecule has 28 N–H and O–H groups in total. The van der Waals surface area contributed by atoms with E-state index in [4.69, 9.17) is 75.8 Å². The summed E-state index contributed by atoms with van der Waals surface area (Å²) in [4.78, 5) is 66.4. The van der Waals surface area contributed by atoms with Gasteiger partial charge in [0.15, 0.2) is 44.0 Å². The van der Waals surface area contributed by atoms with Crippen molar-refractivity contribution in [2.24, 2.45) is 0 Å². The smallest absolute Gasteiger partial charge is 0.364 e. The van der Waals surface area contributed by atoms with Crippen LogP contribution in [0.2, 0.25) is 0 Å². The molecule has 49 nitrogen and oxygen atoms in total. The molecule has 0 bridgehead atoms. The third kappa shape index (κ3) is 33.3. The van der Waals surface area contributed by atoms with Crippen LogP contribution in [0.5, 0.6) is 0 Å². The quantitative estimate of drug-likeness (QED) is 0.0199. The highest BCUT2D eigenvalue weighted by atomic mass is 16.8. The lowest BCUT2D eigenvalue weighted by Crippen LogP contribution is -2.72. The van der Waals surface area contributed by atoms with Crippen LogP contribution in [0.3, 0.4) is 0 Å².